The van der Waals surface area contributed by atoms with Crippen LogP contribution in [0, 0.1) is 17.7 Å². The van der Waals surface area contributed by atoms with Gasteiger partial charge in [0.15, 0.2) is 0 Å². The minimum absolute atomic E-state index is 0.0285. The second-order valence-corrected chi connectivity index (χ2v) is 10.6. The minimum Gasteiger partial charge on any atom is -0.491 e. The van der Waals surface area contributed by atoms with Crippen LogP contribution in [-0.4, -0.2) is 47.9 Å². The van der Waals surface area contributed by atoms with Crippen molar-refractivity contribution in [3.05, 3.63) is 52.0 Å². The lowest BCUT2D eigenvalue weighted by Crippen LogP contribution is -2.49. The summed E-state index contributed by atoms with van der Waals surface area (Å²) in [5.41, 5.74) is 1.11. The highest BCUT2D eigenvalue weighted by molar-refractivity contribution is 7.10. The maximum absolute atomic E-state index is 13.6. The quantitative estimate of drug-likeness (QED) is 0.473. The van der Waals surface area contributed by atoms with Gasteiger partial charge in [0.05, 0.1) is 12.6 Å². The molecule has 2 amide bonds. The topological polar surface area (TPSA) is 49.9 Å². The van der Waals surface area contributed by atoms with Crippen molar-refractivity contribution in [2.24, 2.45) is 11.8 Å². The molecule has 1 aliphatic heterocycles. The fraction of sp³-hybridized carbons (Fsp3) is 0.556. The molecule has 0 N–H and O–H groups in total. The van der Waals surface area contributed by atoms with Gasteiger partial charge >= 0.3 is 0 Å². The number of halogens is 1. The second kappa shape index (κ2) is 11.3. The van der Waals surface area contributed by atoms with E-state index in [-0.39, 0.29) is 36.1 Å². The van der Waals surface area contributed by atoms with Crippen molar-refractivity contribution in [3.63, 3.8) is 0 Å². The number of carbonyl (C=O) groups is 2. The van der Waals surface area contributed by atoms with Crippen LogP contribution in [0.2, 0.25) is 0 Å². The highest BCUT2D eigenvalue weighted by Crippen LogP contribution is 2.34. The summed E-state index contributed by atoms with van der Waals surface area (Å²) in [5.74, 6) is 0.777. The van der Waals surface area contributed by atoms with Gasteiger partial charge < -0.3 is 14.5 Å². The van der Waals surface area contributed by atoms with Crippen LogP contribution >= 0.6 is 11.3 Å². The van der Waals surface area contributed by atoms with Crippen molar-refractivity contribution in [1.29, 1.82) is 0 Å². The first-order chi connectivity index (χ1) is 16.5. The van der Waals surface area contributed by atoms with Gasteiger partial charge in [-0.2, -0.15) is 0 Å². The maximum Gasteiger partial charge on any atom is 0.242 e. The molecule has 34 heavy (non-hydrogen) atoms. The molecule has 2 atom stereocenters. The summed E-state index contributed by atoms with van der Waals surface area (Å²) in [4.78, 5) is 31.9. The third-order valence-corrected chi connectivity index (χ3v) is 8.20. The molecule has 2 aromatic rings. The highest BCUT2D eigenvalue weighted by Gasteiger charge is 2.35. The number of benzene rings is 1. The van der Waals surface area contributed by atoms with E-state index < -0.39 is 0 Å². The predicted octanol–water partition coefficient (Wildman–Crippen LogP) is 5.46. The smallest absolute Gasteiger partial charge is 0.242 e. The first kappa shape index (κ1) is 24.7. The molecule has 0 bridgehead atoms. The average molecular weight is 487 g/mol. The molecule has 2 aliphatic rings. The Hall–Kier alpha value is -2.41. The average Bonchev–Trinajstić information content (AvgIpc) is 3.54. The molecule has 7 heteroatoms. The van der Waals surface area contributed by atoms with E-state index in [1.54, 1.807) is 23.5 Å². The molecule has 1 saturated carbocycles. The SMILES string of the molecule is CCC(C)CN(CC(=O)N1CCc2sccc2C1COc1ccc(F)cc1)C(=O)C1CCCC1. The first-order valence-corrected chi connectivity index (χ1v) is 13.4. The van der Waals surface area contributed by atoms with Crippen molar-refractivity contribution in [1.82, 2.24) is 9.80 Å². The third-order valence-electron chi connectivity index (χ3n) is 7.21. The standard InChI is InChI=1S/C27H35FN2O3S/c1-3-19(2)16-29(27(32)20-6-4-5-7-20)17-26(31)30-14-12-25-23(13-15-34-25)24(30)18-33-22-10-8-21(28)9-11-22/h8-11,13,15,19-20,24H,3-7,12,14,16-18H2,1-2H3. The lowest BCUT2D eigenvalue weighted by Gasteiger charge is -2.37. The number of hydrogen-bond acceptors (Lipinski definition) is 4. The minimum atomic E-state index is -0.310. The molecule has 0 saturated heterocycles. The number of carbonyl (C=O) groups excluding carboxylic acids is 2. The Balaban J connectivity index is 1.49. The van der Waals surface area contributed by atoms with Crippen molar-refractivity contribution < 1.29 is 18.7 Å². The highest BCUT2D eigenvalue weighted by atomic mass is 32.1. The molecule has 0 spiro atoms. The van der Waals surface area contributed by atoms with Crippen LogP contribution in [-0.2, 0) is 16.0 Å². The third kappa shape index (κ3) is 5.80. The van der Waals surface area contributed by atoms with Crippen molar-refractivity contribution in [2.45, 2.75) is 58.4 Å². The largest absolute Gasteiger partial charge is 0.491 e. The Morgan fingerprint density at radius 3 is 2.65 bits per heavy atom. The summed E-state index contributed by atoms with van der Waals surface area (Å²) >= 11 is 1.71. The molecule has 2 heterocycles. The molecule has 184 valence electrons. The normalized spacial score (nSPS) is 19.0. The number of fused-ring (bicyclic) bond motifs is 1. The lowest BCUT2D eigenvalue weighted by atomic mass is 10.00. The predicted molar refractivity (Wildman–Crippen MR) is 132 cm³/mol. The summed E-state index contributed by atoms with van der Waals surface area (Å²) in [6.07, 6.45) is 5.83. The fourth-order valence-electron chi connectivity index (χ4n) is 5.00. The zero-order valence-corrected chi connectivity index (χ0v) is 21.0. The van der Waals surface area contributed by atoms with Gasteiger partial charge in [-0.05, 0) is 66.5 Å². The van der Waals surface area contributed by atoms with Crippen molar-refractivity contribution in [2.75, 3.05) is 26.2 Å². The Bertz CT molecular complexity index is 971. The van der Waals surface area contributed by atoms with Crippen molar-refractivity contribution >= 4 is 23.2 Å². The van der Waals surface area contributed by atoms with E-state index in [9.17, 15) is 14.0 Å². The molecule has 1 aliphatic carbocycles. The van der Waals surface area contributed by atoms with E-state index in [4.69, 9.17) is 4.74 Å². The van der Waals surface area contributed by atoms with Gasteiger partial charge in [0.1, 0.15) is 18.2 Å². The van der Waals surface area contributed by atoms with Gasteiger partial charge in [-0.3, -0.25) is 9.59 Å². The van der Waals surface area contributed by atoms with E-state index in [0.29, 0.717) is 31.4 Å². The Kier molecular flexibility index (Phi) is 8.24. The van der Waals surface area contributed by atoms with Gasteiger partial charge in [-0.25, -0.2) is 4.39 Å². The molecule has 2 unspecified atom stereocenters. The number of thiophene rings is 1. The fourth-order valence-corrected chi connectivity index (χ4v) is 5.93. The number of nitrogens with zero attached hydrogens (tertiary/aromatic N) is 2. The monoisotopic (exact) mass is 486 g/mol. The van der Waals surface area contributed by atoms with Crippen molar-refractivity contribution in [3.8, 4) is 5.75 Å². The molecule has 1 aromatic carbocycles. The zero-order chi connectivity index (χ0) is 24.1. The molecule has 4 rings (SSSR count). The van der Waals surface area contributed by atoms with E-state index in [1.807, 2.05) is 9.80 Å². The number of rotatable bonds is 9. The van der Waals surface area contributed by atoms with Crippen LogP contribution in [0.1, 0.15) is 62.4 Å². The van der Waals surface area contributed by atoms with Gasteiger partial charge in [0.25, 0.3) is 0 Å². The summed E-state index contributed by atoms with van der Waals surface area (Å²) in [7, 11) is 0. The number of ether oxygens (including phenoxy) is 1. The molecule has 5 nitrogen and oxygen atoms in total. The Labute approximate surface area is 205 Å². The van der Waals surface area contributed by atoms with Crippen LogP contribution in [0.5, 0.6) is 5.75 Å². The van der Waals surface area contributed by atoms with E-state index in [1.165, 1.54) is 17.0 Å². The van der Waals surface area contributed by atoms with Gasteiger partial charge in [0, 0.05) is 23.9 Å². The summed E-state index contributed by atoms with van der Waals surface area (Å²) < 4.78 is 19.3. The van der Waals surface area contributed by atoms with E-state index >= 15 is 0 Å². The Morgan fingerprint density at radius 2 is 1.94 bits per heavy atom. The first-order valence-electron chi connectivity index (χ1n) is 12.5. The molecule has 1 aromatic heterocycles. The van der Waals surface area contributed by atoms with Gasteiger partial charge in [-0.1, -0.05) is 33.1 Å². The van der Waals surface area contributed by atoms with E-state index in [2.05, 4.69) is 25.3 Å². The summed E-state index contributed by atoms with van der Waals surface area (Å²) in [6, 6.07) is 7.80. The maximum atomic E-state index is 13.6. The molecular weight excluding hydrogens is 451 g/mol. The molecule has 1 fully saturated rings. The lowest BCUT2D eigenvalue weighted by molar-refractivity contribution is -0.145. The second-order valence-electron chi connectivity index (χ2n) is 9.63. The molecular formula is C27H35FN2O3S. The molecule has 0 radical (unpaired) electrons. The number of hydrogen-bond donors (Lipinski definition) is 0. The summed E-state index contributed by atoms with van der Waals surface area (Å²) in [5, 5.41) is 2.06. The Morgan fingerprint density at radius 1 is 1.21 bits per heavy atom. The number of amides is 2. The van der Waals surface area contributed by atoms with Crippen LogP contribution in [0.3, 0.4) is 0 Å². The van der Waals surface area contributed by atoms with E-state index in [0.717, 1.165) is 44.1 Å². The summed E-state index contributed by atoms with van der Waals surface area (Å²) in [6.45, 7) is 5.90. The van der Waals surface area contributed by atoms with Crippen LogP contribution in [0.15, 0.2) is 35.7 Å². The van der Waals surface area contributed by atoms with Gasteiger partial charge in [-0.15, -0.1) is 11.3 Å². The van der Waals surface area contributed by atoms with Crippen LogP contribution in [0.25, 0.3) is 0 Å². The zero-order valence-electron chi connectivity index (χ0n) is 20.2. The van der Waals surface area contributed by atoms with Gasteiger partial charge in [0.2, 0.25) is 11.8 Å². The van der Waals surface area contributed by atoms with Crippen LogP contribution in [0.4, 0.5) is 4.39 Å². The van der Waals surface area contributed by atoms with Crippen LogP contribution < -0.4 is 4.74 Å².